The van der Waals surface area contributed by atoms with Crippen LogP contribution >= 0.6 is 0 Å². The molecule has 3 nitrogen and oxygen atoms in total. The predicted molar refractivity (Wildman–Crippen MR) is 81.8 cm³/mol. The van der Waals surface area contributed by atoms with Crippen molar-refractivity contribution < 1.29 is 0 Å². The summed E-state index contributed by atoms with van der Waals surface area (Å²) in [6, 6.07) is 10.6. The van der Waals surface area contributed by atoms with Crippen molar-refractivity contribution in [3.63, 3.8) is 0 Å². The molecule has 0 saturated carbocycles. The molecule has 0 unspecified atom stereocenters. The van der Waals surface area contributed by atoms with Gasteiger partial charge in [0.05, 0.1) is 5.69 Å². The van der Waals surface area contributed by atoms with Crippen molar-refractivity contribution in [3.05, 3.63) is 53.2 Å². The standard InChI is InChI=1S/C16H21N3/c1-12-7-8-13(2)14(10-12)11-18-15-6-5-9-17-16(15)19(3)4/h5-10,18H,11H2,1-4H3. The van der Waals surface area contributed by atoms with Crippen LogP contribution in [0.2, 0.25) is 0 Å². The molecule has 1 N–H and O–H groups in total. The van der Waals surface area contributed by atoms with Crippen molar-refractivity contribution in [1.82, 2.24) is 4.98 Å². The quantitative estimate of drug-likeness (QED) is 0.907. The number of aromatic nitrogens is 1. The van der Waals surface area contributed by atoms with E-state index in [4.69, 9.17) is 0 Å². The lowest BCUT2D eigenvalue weighted by atomic mass is 10.1. The molecular formula is C16H21N3. The summed E-state index contributed by atoms with van der Waals surface area (Å²) in [5, 5.41) is 3.47. The summed E-state index contributed by atoms with van der Waals surface area (Å²) in [5.41, 5.74) is 5.00. The van der Waals surface area contributed by atoms with Gasteiger partial charge in [-0.15, -0.1) is 0 Å². The van der Waals surface area contributed by atoms with Gasteiger partial charge in [-0.3, -0.25) is 0 Å². The first kappa shape index (κ1) is 13.4. The highest BCUT2D eigenvalue weighted by Crippen LogP contribution is 2.21. The Morgan fingerprint density at radius 2 is 1.95 bits per heavy atom. The second-order valence-corrected chi connectivity index (χ2v) is 5.05. The number of aryl methyl sites for hydroxylation is 2. The number of pyridine rings is 1. The second-order valence-electron chi connectivity index (χ2n) is 5.05. The molecule has 19 heavy (non-hydrogen) atoms. The number of nitrogens with one attached hydrogen (secondary N) is 1. The summed E-state index contributed by atoms with van der Waals surface area (Å²) < 4.78 is 0. The van der Waals surface area contributed by atoms with Gasteiger partial charge in [-0.1, -0.05) is 23.8 Å². The highest BCUT2D eigenvalue weighted by Gasteiger charge is 2.05. The fourth-order valence-corrected chi connectivity index (χ4v) is 2.07. The highest BCUT2D eigenvalue weighted by molar-refractivity contribution is 5.64. The Morgan fingerprint density at radius 1 is 1.16 bits per heavy atom. The van der Waals surface area contributed by atoms with Crippen LogP contribution in [-0.2, 0) is 6.54 Å². The Hall–Kier alpha value is -2.03. The first-order chi connectivity index (χ1) is 9.08. The van der Waals surface area contributed by atoms with Gasteiger partial charge in [-0.2, -0.15) is 0 Å². The zero-order chi connectivity index (χ0) is 13.8. The number of hydrogen-bond acceptors (Lipinski definition) is 3. The second kappa shape index (κ2) is 5.74. The lowest BCUT2D eigenvalue weighted by Crippen LogP contribution is -2.14. The molecule has 2 aromatic rings. The molecule has 0 aliphatic rings. The van der Waals surface area contributed by atoms with Crippen molar-refractivity contribution in [3.8, 4) is 0 Å². The number of anilines is 2. The van der Waals surface area contributed by atoms with Gasteiger partial charge in [0.25, 0.3) is 0 Å². The third kappa shape index (κ3) is 3.25. The van der Waals surface area contributed by atoms with Gasteiger partial charge >= 0.3 is 0 Å². The molecule has 0 radical (unpaired) electrons. The van der Waals surface area contributed by atoms with Crippen LogP contribution in [-0.4, -0.2) is 19.1 Å². The first-order valence-electron chi connectivity index (χ1n) is 6.50. The van der Waals surface area contributed by atoms with E-state index in [0.717, 1.165) is 18.1 Å². The molecule has 100 valence electrons. The molecule has 0 fully saturated rings. The van der Waals surface area contributed by atoms with E-state index >= 15 is 0 Å². The van der Waals surface area contributed by atoms with Gasteiger partial charge in [0, 0.05) is 26.8 Å². The summed E-state index contributed by atoms with van der Waals surface area (Å²) in [7, 11) is 4.01. The monoisotopic (exact) mass is 255 g/mol. The smallest absolute Gasteiger partial charge is 0.151 e. The van der Waals surface area contributed by atoms with E-state index in [9.17, 15) is 0 Å². The Balaban J connectivity index is 2.17. The highest BCUT2D eigenvalue weighted by atomic mass is 15.2. The number of rotatable bonds is 4. The molecule has 0 aliphatic heterocycles. The molecule has 0 amide bonds. The van der Waals surface area contributed by atoms with Gasteiger partial charge in [0.2, 0.25) is 0 Å². The molecule has 0 atom stereocenters. The lowest BCUT2D eigenvalue weighted by Gasteiger charge is -2.17. The third-order valence-electron chi connectivity index (χ3n) is 3.18. The third-order valence-corrected chi connectivity index (χ3v) is 3.18. The van der Waals surface area contributed by atoms with Crippen LogP contribution in [0, 0.1) is 13.8 Å². The fraction of sp³-hybridized carbons (Fsp3) is 0.312. The normalized spacial score (nSPS) is 10.3. The van der Waals surface area contributed by atoms with Crippen LogP contribution in [0.1, 0.15) is 16.7 Å². The van der Waals surface area contributed by atoms with Crippen LogP contribution in [0.3, 0.4) is 0 Å². The van der Waals surface area contributed by atoms with E-state index in [2.05, 4.69) is 48.4 Å². The molecule has 0 aliphatic carbocycles. The van der Waals surface area contributed by atoms with Crippen LogP contribution in [0.25, 0.3) is 0 Å². The van der Waals surface area contributed by atoms with Gasteiger partial charge in [0.15, 0.2) is 5.82 Å². The molecule has 1 heterocycles. The molecule has 1 aromatic carbocycles. The Labute approximate surface area is 115 Å². The van der Waals surface area contributed by atoms with Crippen LogP contribution in [0.5, 0.6) is 0 Å². The van der Waals surface area contributed by atoms with E-state index in [1.165, 1.54) is 16.7 Å². The van der Waals surface area contributed by atoms with Crippen LogP contribution in [0.4, 0.5) is 11.5 Å². The van der Waals surface area contributed by atoms with Crippen molar-refractivity contribution >= 4 is 11.5 Å². The summed E-state index contributed by atoms with van der Waals surface area (Å²) in [6.07, 6.45) is 1.82. The van der Waals surface area contributed by atoms with Gasteiger partial charge in [0.1, 0.15) is 0 Å². The minimum Gasteiger partial charge on any atom is -0.378 e. The Bertz CT molecular complexity index is 562. The number of benzene rings is 1. The van der Waals surface area contributed by atoms with E-state index < -0.39 is 0 Å². The zero-order valence-electron chi connectivity index (χ0n) is 12.1. The summed E-state index contributed by atoms with van der Waals surface area (Å²) in [4.78, 5) is 6.41. The molecule has 2 rings (SSSR count). The number of nitrogens with zero attached hydrogens (tertiary/aromatic N) is 2. The number of hydrogen-bond donors (Lipinski definition) is 1. The van der Waals surface area contributed by atoms with Gasteiger partial charge in [-0.25, -0.2) is 4.98 Å². The van der Waals surface area contributed by atoms with E-state index in [1.807, 2.05) is 31.3 Å². The Kier molecular flexibility index (Phi) is 4.05. The largest absolute Gasteiger partial charge is 0.378 e. The average molecular weight is 255 g/mol. The fourth-order valence-electron chi connectivity index (χ4n) is 2.07. The SMILES string of the molecule is Cc1ccc(C)c(CNc2cccnc2N(C)C)c1. The maximum Gasteiger partial charge on any atom is 0.151 e. The summed E-state index contributed by atoms with van der Waals surface area (Å²) >= 11 is 0. The minimum absolute atomic E-state index is 0.819. The van der Waals surface area contributed by atoms with Crippen molar-refractivity contribution in [2.24, 2.45) is 0 Å². The van der Waals surface area contributed by atoms with Crippen molar-refractivity contribution in [2.75, 3.05) is 24.3 Å². The molecule has 3 heteroatoms. The lowest BCUT2D eigenvalue weighted by molar-refractivity contribution is 1.04. The molecule has 0 spiro atoms. The van der Waals surface area contributed by atoms with Crippen molar-refractivity contribution in [1.29, 1.82) is 0 Å². The molecule has 1 aromatic heterocycles. The molecule has 0 bridgehead atoms. The topological polar surface area (TPSA) is 28.2 Å². The first-order valence-corrected chi connectivity index (χ1v) is 6.50. The van der Waals surface area contributed by atoms with Crippen LogP contribution < -0.4 is 10.2 Å². The van der Waals surface area contributed by atoms with E-state index in [-0.39, 0.29) is 0 Å². The summed E-state index contributed by atoms with van der Waals surface area (Å²) in [5.74, 6) is 0.966. The zero-order valence-corrected chi connectivity index (χ0v) is 12.1. The predicted octanol–water partition coefficient (Wildman–Crippen LogP) is 3.38. The molecular weight excluding hydrogens is 234 g/mol. The maximum absolute atomic E-state index is 4.39. The molecule has 0 saturated heterocycles. The van der Waals surface area contributed by atoms with Crippen LogP contribution in [0.15, 0.2) is 36.5 Å². The van der Waals surface area contributed by atoms with Gasteiger partial charge in [-0.05, 0) is 37.1 Å². The van der Waals surface area contributed by atoms with Crippen molar-refractivity contribution in [2.45, 2.75) is 20.4 Å². The summed E-state index contributed by atoms with van der Waals surface area (Å²) in [6.45, 7) is 5.09. The van der Waals surface area contributed by atoms with E-state index in [1.54, 1.807) is 0 Å². The van der Waals surface area contributed by atoms with Gasteiger partial charge < -0.3 is 10.2 Å². The average Bonchev–Trinajstić information content (AvgIpc) is 2.40. The maximum atomic E-state index is 4.39. The van der Waals surface area contributed by atoms with E-state index in [0.29, 0.717) is 0 Å². The minimum atomic E-state index is 0.819. The Morgan fingerprint density at radius 3 is 2.68 bits per heavy atom.